The molecule has 0 unspecified atom stereocenters. The van der Waals surface area contributed by atoms with E-state index >= 15 is 0 Å². The maximum absolute atomic E-state index is 13.1. The van der Waals surface area contributed by atoms with Crippen LogP contribution in [-0.4, -0.2) is 6.61 Å². The molecule has 13 heavy (non-hydrogen) atoms. The van der Waals surface area contributed by atoms with Crippen molar-refractivity contribution >= 4 is 11.6 Å². The van der Waals surface area contributed by atoms with E-state index in [0.29, 0.717) is 17.5 Å². The molecule has 0 fully saturated rings. The Kier molecular flexibility index (Phi) is 3.55. The smallest absolute Gasteiger partial charge is 0.166 e. The van der Waals surface area contributed by atoms with Crippen LogP contribution in [0.4, 0.5) is 4.39 Å². The van der Waals surface area contributed by atoms with E-state index < -0.39 is 5.82 Å². The van der Waals surface area contributed by atoms with Crippen LogP contribution in [0.15, 0.2) is 18.2 Å². The molecule has 1 nitrogen and oxygen atoms in total. The van der Waals surface area contributed by atoms with E-state index in [1.54, 1.807) is 12.1 Å². The van der Waals surface area contributed by atoms with E-state index in [-0.39, 0.29) is 5.75 Å². The van der Waals surface area contributed by atoms with Crippen LogP contribution in [0.5, 0.6) is 5.75 Å². The number of benzene rings is 1. The first-order chi connectivity index (χ1) is 6.09. The Hall–Kier alpha value is -0.760. The van der Waals surface area contributed by atoms with Crippen LogP contribution in [0, 0.1) is 11.7 Å². The third kappa shape index (κ3) is 3.23. The maximum atomic E-state index is 13.1. The van der Waals surface area contributed by atoms with Crippen LogP contribution < -0.4 is 4.74 Å². The minimum atomic E-state index is -0.409. The minimum Gasteiger partial charge on any atom is -0.490 e. The highest BCUT2D eigenvalue weighted by molar-refractivity contribution is 6.30. The van der Waals surface area contributed by atoms with Crippen LogP contribution in [0.3, 0.4) is 0 Å². The molecule has 3 heteroatoms. The molecule has 72 valence electrons. The van der Waals surface area contributed by atoms with Gasteiger partial charge in [0.2, 0.25) is 0 Å². The van der Waals surface area contributed by atoms with Gasteiger partial charge in [-0.15, -0.1) is 0 Å². The molecule has 0 aliphatic heterocycles. The highest BCUT2D eigenvalue weighted by atomic mass is 35.5. The van der Waals surface area contributed by atoms with Gasteiger partial charge in [0.1, 0.15) is 0 Å². The van der Waals surface area contributed by atoms with Gasteiger partial charge in [0.25, 0.3) is 0 Å². The quantitative estimate of drug-likeness (QED) is 0.729. The summed E-state index contributed by atoms with van der Waals surface area (Å²) in [5, 5.41) is 0.384. The molecule has 0 radical (unpaired) electrons. The van der Waals surface area contributed by atoms with Gasteiger partial charge < -0.3 is 4.74 Å². The summed E-state index contributed by atoms with van der Waals surface area (Å²) in [6, 6.07) is 4.40. The van der Waals surface area contributed by atoms with E-state index in [2.05, 4.69) is 0 Å². The normalized spacial score (nSPS) is 10.5. The largest absolute Gasteiger partial charge is 0.490 e. The number of hydrogen-bond acceptors (Lipinski definition) is 1. The molecule has 0 aliphatic rings. The standard InChI is InChI=1S/C10H12ClFO/c1-7(2)6-13-10-4-3-8(11)5-9(10)12/h3-5,7H,6H2,1-2H3. The summed E-state index contributed by atoms with van der Waals surface area (Å²) in [7, 11) is 0. The molecule has 0 aromatic heterocycles. The van der Waals surface area contributed by atoms with Crippen molar-refractivity contribution in [2.75, 3.05) is 6.61 Å². The van der Waals surface area contributed by atoms with E-state index in [9.17, 15) is 4.39 Å². The number of rotatable bonds is 3. The molecule has 0 amide bonds. The Morgan fingerprint density at radius 3 is 2.69 bits per heavy atom. The molecule has 1 rings (SSSR count). The van der Waals surface area contributed by atoms with Crippen molar-refractivity contribution < 1.29 is 9.13 Å². The Morgan fingerprint density at radius 1 is 1.46 bits per heavy atom. The third-order valence-electron chi connectivity index (χ3n) is 1.47. The highest BCUT2D eigenvalue weighted by Gasteiger charge is 2.04. The zero-order valence-corrected chi connectivity index (χ0v) is 8.44. The number of ether oxygens (including phenoxy) is 1. The topological polar surface area (TPSA) is 9.23 Å². The van der Waals surface area contributed by atoms with Crippen molar-refractivity contribution in [3.63, 3.8) is 0 Å². The lowest BCUT2D eigenvalue weighted by atomic mass is 10.2. The van der Waals surface area contributed by atoms with Gasteiger partial charge >= 0.3 is 0 Å². The van der Waals surface area contributed by atoms with Crippen LogP contribution in [-0.2, 0) is 0 Å². The zero-order valence-electron chi connectivity index (χ0n) is 7.68. The second-order valence-electron chi connectivity index (χ2n) is 3.28. The van der Waals surface area contributed by atoms with Crippen LogP contribution in [0.2, 0.25) is 5.02 Å². The lowest BCUT2D eigenvalue weighted by Crippen LogP contribution is -2.05. The maximum Gasteiger partial charge on any atom is 0.166 e. The first kappa shape index (κ1) is 10.3. The number of halogens is 2. The molecule has 0 atom stereocenters. The van der Waals surface area contributed by atoms with Crippen molar-refractivity contribution in [3.8, 4) is 5.75 Å². The van der Waals surface area contributed by atoms with E-state index in [1.807, 2.05) is 13.8 Å². The summed E-state index contributed by atoms with van der Waals surface area (Å²) in [4.78, 5) is 0. The molecule has 0 spiro atoms. The van der Waals surface area contributed by atoms with Crippen molar-refractivity contribution in [2.24, 2.45) is 5.92 Å². The van der Waals surface area contributed by atoms with E-state index in [0.717, 1.165) is 0 Å². The first-order valence-electron chi connectivity index (χ1n) is 4.17. The van der Waals surface area contributed by atoms with Gasteiger partial charge in [-0.2, -0.15) is 0 Å². The van der Waals surface area contributed by atoms with E-state index in [4.69, 9.17) is 16.3 Å². The van der Waals surface area contributed by atoms with Gasteiger partial charge in [-0.3, -0.25) is 0 Å². The summed E-state index contributed by atoms with van der Waals surface area (Å²) in [6.07, 6.45) is 0. The molecular formula is C10H12ClFO. The van der Waals surface area contributed by atoms with Crippen LogP contribution in [0.25, 0.3) is 0 Å². The van der Waals surface area contributed by atoms with E-state index in [1.165, 1.54) is 6.07 Å². The first-order valence-corrected chi connectivity index (χ1v) is 4.55. The van der Waals surface area contributed by atoms with Gasteiger partial charge in [-0.1, -0.05) is 25.4 Å². The second-order valence-corrected chi connectivity index (χ2v) is 3.72. The van der Waals surface area contributed by atoms with Crippen molar-refractivity contribution in [1.82, 2.24) is 0 Å². The Labute approximate surface area is 82.5 Å². The lowest BCUT2D eigenvalue weighted by molar-refractivity contribution is 0.259. The molecule has 0 N–H and O–H groups in total. The zero-order chi connectivity index (χ0) is 9.84. The Bertz CT molecular complexity index is 286. The molecule has 0 bridgehead atoms. The molecular weight excluding hydrogens is 191 g/mol. The van der Waals surface area contributed by atoms with Crippen LogP contribution >= 0.6 is 11.6 Å². The average molecular weight is 203 g/mol. The Balaban J connectivity index is 2.67. The van der Waals surface area contributed by atoms with Gasteiger partial charge in [0, 0.05) is 5.02 Å². The summed E-state index contributed by atoms with van der Waals surface area (Å²) in [5.74, 6) is 0.237. The lowest BCUT2D eigenvalue weighted by Gasteiger charge is -2.09. The fourth-order valence-corrected chi connectivity index (χ4v) is 1.01. The fourth-order valence-electron chi connectivity index (χ4n) is 0.849. The molecule has 1 aromatic rings. The summed E-state index contributed by atoms with van der Waals surface area (Å²) in [5.41, 5.74) is 0. The van der Waals surface area contributed by atoms with Gasteiger partial charge in [-0.05, 0) is 24.1 Å². The average Bonchev–Trinajstić information content (AvgIpc) is 2.02. The molecule has 0 saturated heterocycles. The highest BCUT2D eigenvalue weighted by Crippen LogP contribution is 2.21. The predicted octanol–water partition coefficient (Wildman–Crippen LogP) is 3.51. The molecule has 0 heterocycles. The van der Waals surface area contributed by atoms with Crippen molar-refractivity contribution in [3.05, 3.63) is 29.0 Å². The van der Waals surface area contributed by atoms with Crippen LogP contribution in [0.1, 0.15) is 13.8 Å². The molecule has 0 aliphatic carbocycles. The van der Waals surface area contributed by atoms with Gasteiger partial charge in [0.15, 0.2) is 11.6 Å². The summed E-state index contributed by atoms with van der Waals surface area (Å²) >= 11 is 5.58. The second kappa shape index (κ2) is 4.47. The fraction of sp³-hybridized carbons (Fsp3) is 0.400. The van der Waals surface area contributed by atoms with Gasteiger partial charge in [-0.25, -0.2) is 4.39 Å². The molecule has 1 aromatic carbocycles. The summed E-state index contributed by atoms with van der Waals surface area (Å²) in [6.45, 7) is 4.53. The summed E-state index contributed by atoms with van der Waals surface area (Å²) < 4.78 is 18.3. The molecule has 0 saturated carbocycles. The Morgan fingerprint density at radius 2 is 2.15 bits per heavy atom. The van der Waals surface area contributed by atoms with Crippen molar-refractivity contribution in [1.29, 1.82) is 0 Å². The van der Waals surface area contributed by atoms with Crippen molar-refractivity contribution in [2.45, 2.75) is 13.8 Å². The third-order valence-corrected chi connectivity index (χ3v) is 1.70. The monoisotopic (exact) mass is 202 g/mol. The SMILES string of the molecule is CC(C)COc1ccc(Cl)cc1F. The number of hydrogen-bond donors (Lipinski definition) is 0. The minimum absolute atomic E-state index is 0.262. The predicted molar refractivity (Wildman–Crippen MR) is 51.7 cm³/mol. The van der Waals surface area contributed by atoms with Gasteiger partial charge in [0.05, 0.1) is 6.61 Å².